The van der Waals surface area contributed by atoms with Gasteiger partial charge in [-0.15, -0.1) is 0 Å². The third-order valence-electron chi connectivity index (χ3n) is 4.96. The van der Waals surface area contributed by atoms with E-state index < -0.39 is 0 Å². The largest absolute Gasteiger partial charge is 0.370 e. The van der Waals surface area contributed by atoms with E-state index in [1.54, 1.807) is 0 Å². The van der Waals surface area contributed by atoms with E-state index in [9.17, 15) is 0 Å². The minimum absolute atomic E-state index is 0.457. The van der Waals surface area contributed by atoms with Crippen LogP contribution in [0.3, 0.4) is 0 Å². The normalized spacial score (nSPS) is 25.3. The van der Waals surface area contributed by atoms with Gasteiger partial charge in [-0.25, -0.2) is 0 Å². The van der Waals surface area contributed by atoms with Crippen molar-refractivity contribution < 1.29 is 0 Å². The second-order valence-electron chi connectivity index (χ2n) is 6.24. The van der Waals surface area contributed by atoms with Gasteiger partial charge in [-0.05, 0) is 37.5 Å². The Kier molecular flexibility index (Phi) is 4.90. The second kappa shape index (κ2) is 6.44. The van der Waals surface area contributed by atoms with Crippen LogP contribution in [0.4, 0.5) is 0 Å². The molecule has 2 aliphatic carbocycles. The maximum atomic E-state index is 6.04. The zero-order valence-electron chi connectivity index (χ0n) is 11.9. The van der Waals surface area contributed by atoms with Crippen molar-refractivity contribution in [2.75, 3.05) is 6.54 Å². The van der Waals surface area contributed by atoms with Gasteiger partial charge in [-0.3, -0.25) is 4.99 Å². The van der Waals surface area contributed by atoms with Crippen LogP contribution in [0.25, 0.3) is 0 Å². The van der Waals surface area contributed by atoms with E-state index in [-0.39, 0.29) is 0 Å². The SMILES string of the molecule is CCC1(CN=C(N)NC2CCCCC2)CCCC1. The molecule has 3 nitrogen and oxygen atoms in total. The summed E-state index contributed by atoms with van der Waals surface area (Å²) in [6.45, 7) is 3.22. The van der Waals surface area contributed by atoms with Gasteiger partial charge in [0.2, 0.25) is 0 Å². The topological polar surface area (TPSA) is 50.4 Å². The highest BCUT2D eigenvalue weighted by Gasteiger charge is 2.31. The minimum atomic E-state index is 0.457. The lowest BCUT2D eigenvalue weighted by Crippen LogP contribution is -2.41. The molecule has 0 amide bonds. The second-order valence-corrected chi connectivity index (χ2v) is 6.24. The summed E-state index contributed by atoms with van der Waals surface area (Å²) >= 11 is 0. The van der Waals surface area contributed by atoms with Gasteiger partial charge >= 0.3 is 0 Å². The lowest BCUT2D eigenvalue weighted by Gasteiger charge is -2.26. The molecule has 2 fully saturated rings. The molecule has 2 aliphatic rings. The Morgan fingerprint density at radius 3 is 2.44 bits per heavy atom. The van der Waals surface area contributed by atoms with E-state index >= 15 is 0 Å². The fourth-order valence-corrected chi connectivity index (χ4v) is 3.50. The Bertz CT molecular complexity index is 273. The Labute approximate surface area is 112 Å². The molecule has 0 spiro atoms. The van der Waals surface area contributed by atoms with E-state index in [1.165, 1.54) is 64.2 Å². The molecule has 0 atom stereocenters. The molecule has 3 heteroatoms. The summed E-state index contributed by atoms with van der Waals surface area (Å²) in [5, 5.41) is 3.41. The molecule has 104 valence electrons. The number of nitrogens with one attached hydrogen (secondary N) is 1. The molecule has 0 unspecified atom stereocenters. The van der Waals surface area contributed by atoms with Crippen molar-refractivity contribution in [2.24, 2.45) is 16.1 Å². The van der Waals surface area contributed by atoms with Crippen LogP contribution < -0.4 is 11.1 Å². The van der Waals surface area contributed by atoms with Crippen LogP contribution in [0, 0.1) is 5.41 Å². The van der Waals surface area contributed by atoms with E-state index in [2.05, 4.69) is 17.2 Å². The number of nitrogens with zero attached hydrogens (tertiary/aromatic N) is 1. The number of nitrogens with two attached hydrogens (primary N) is 1. The monoisotopic (exact) mass is 251 g/mol. The van der Waals surface area contributed by atoms with E-state index in [4.69, 9.17) is 5.73 Å². The Morgan fingerprint density at radius 2 is 1.83 bits per heavy atom. The van der Waals surface area contributed by atoms with Crippen molar-refractivity contribution in [3.8, 4) is 0 Å². The maximum Gasteiger partial charge on any atom is 0.188 e. The zero-order chi connectivity index (χ0) is 12.8. The first-order valence-electron chi connectivity index (χ1n) is 7.81. The van der Waals surface area contributed by atoms with Crippen molar-refractivity contribution in [1.82, 2.24) is 5.32 Å². The highest BCUT2D eigenvalue weighted by atomic mass is 15.1. The van der Waals surface area contributed by atoms with Gasteiger partial charge in [0, 0.05) is 12.6 Å². The minimum Gasteiger partial charge on any atom is -0.370 e. The van der Waals surface area contributed by atoms with Crippen LogP contribution in [0.1, 0.15) is 71.1 Å². The number of guanidine groups is 1. The summed E-state index contributed by atoms with van der Waals surface area (Å²) in [4.78, 5) is 4.63. The summed E-state index contributed by atoms with van der Waals surface area (Å²) < 4.78 is 0. The third-order valence-corrected chi connectivity index (χ3v) is 4.96. The number of aliphatic imine (C=N–C) groups is 1. The van der Waals surface area contributed by atoms with Gasteiger partial charge in [0.15, 0.2) is 5.96 Å². The van der Waals surface area contributed by atoms with Crippen molar-refractivity contribution in [2.45, 2.75) is 77.2 Å². The van der Waals surface area contributed by atoms with Gasteiger partial charge in [0.05, 0.1) is 0 Å². The number of hydrogen-bond acceptors (Lipinski definition) is 1. The summed E-state index contributed by atoms with van der Waals surface area (Å²) in [6.07, 6.45) is 13.2. The standard InChI is InChI=1S/C15H29N3/c1-2-15(10-6-7-11-15)12-17-14(16)18-13-8-4-3-5-9-13/h13H,2-12H2,1H3,(H3,16,17,18). The zero-order valence-corrected chi connectivity index (χ0v) is 11.9. The highest BCUT2D eigenvalue weighted by Crippen LogP contribution is 2.41. The Hall–Kier alpha value is -0.730. The van der Waals surface area contributed by atoms with Crippen LogP contribution in [-0.4, -0.2) is 18.5 Å². The van der Waals surface area contributed by atoms with Crippen LogP contribution in [0.5, 0.6) is 0 Å². The first-order valence-corrected chi connectivity index (χ1v) is 7.81. The lowest BCUT2D eigenvalue weighted by molar-refractivity contribution is 0.297. The number of rotatable bonds is 4. The summed E-state index contributed by atoms with van der Waals surface area (Å²) in [5.41, 5.74) is 6.49. The average Bonchev–Trinajstić information content (AvgIpc) is 2.87. The van der Waals surface area contributed by atoms with Crippen LogP contribution in [0.15, 0.2) is 4.99 Å². The first kappa shape index (κ1) is 13.7. The molecule has 0 bridgehead atoms. The predicted octanol–water partition coefficient (Wildman–Crippen LogP) is 3.19. The van der Waals surface area contributed by atoms with Gasteiger partial charge in [-0.1, -0.05) is 39.0 Å². The molecular weight excluding hydrogens is 222 g/mol. The van der Waals surface area contributed by atoms with Crippen molar-refractivity contribution >= 4 is 5.96 Å². The van der Waals surface area contributed by atoms with E-state index in [0.717, 1.165) is 6.54 Å². The highest BCUT2D eigenvalue weighted by molar-refractivity contribution is 5.78. The molecule has 3 N–H and O–H groups in total. The molecule has 0 saturated heterocycles. The first-order chi connectivity index (χ1) is 8.74. The van der Waals surface area contributed by atoms with Crippen molar-refractivity contribution in [3.05, 3.63) is 0 Å². The maximum absolute atomic E-state index is 6.04. The van der Waals surface area contributed by atoms with Crippen LogP contribution in [0.2, 0.25) is 0 Å². The fraction of sp³-hybridized carbons (Fsp3) is 0.933. The Morgan fingerprint density at radius 1 is 1.17 bits per heavy atom. The van der Waals surface area contributed by atoms with Gasteiger partial charge < -0.3 is 11.1 Å². The summed E-state index contributed by atoms with van der Waals surface area (Å²) in [5.74, 6) is 0.682. The summed E-state index contributed by atoms with van der Waals surface area (Å²) in [7, 11) is 0. The number of hydrogen-bond donors (Lipinski definition) is 2. The third kappa shape index (κ3) is 3.63. The lowest BCUT2D eigenvalue weighted by atomic mass is 9.84. The molecule has 0 heterocycles. The van der Waals surface area contributed by atoms with Gasteiger partial charge in [-0.2, -0.15) is 0 Å². The molecule has 2 saturated carbocycles. The molecule has 18 heavy (non-hydrogen) atoms. The predicted molar refractivity (Wildman–Crippen MR) is 77.7 cm³/mol. The van der Waals surface area contributed by atoms with Crippen molar-refractivity contribution in [1.29, 1.82) is 0 Å². The quantitative estimate of drug-likeness (QED) is 0.595. The van der Waals surface area contributed by atoms with E-state index in [0.29, 0.717) is 17.4 Å². The van der Waals surface area contributed by atoms with Crippen LogP contribution in [-0.2, 0) is 0 Å². The van der Waals surface area contributed by atoms with Gasteiger partial charge in [0.25, 0.3) is 0 Å². The molecular formula is C15H29N3. The molecule has 0 aromatic heterocycles. The molecule has 2 rings (SSSR count). The smallest absolute Gasteiger partial charge is 0.188 e. The van der Waals surface area contributed by atoms with Crippen molar-refractivity contribution in [3.63, 3.8) is 0 Å². The molecule has 0 aliphatic heterocycles. The molecule has 0 radical (unpaired) electrons. The van der Waals surface area contributed by atoms with E-state index in [1.807, 2.05) is 0 Å². The fourth-order valence-electron chi connectivity index (χ4n) is 3.50. The van der Waals surface area contributed by atoms with Crippen LogP contribution >= 0.6 is 0 Å². The summed E-state index contributed by atoms with van der Waals surface area (Å²) in [6, 6.07) is 0.573. The Balaban J connectivity index is 1.80. The molecule has 0 aromatic rings. The van der Waals surface area contributed by atoms with Gasteiger partial charge in [0.1, 0.15) is 0 Å². The molecule has 0 aromatic carbocycles. The average molecular weight is 251 g/mol.